The summed E-state index contributed by atoms with van der Waals surface area (Å²) in [5, 5.41) is 14.3. The summed E-state index contributed by atoms with van der Waals surface area (Å²) < 4.78 is 1.50. The number of benzene rings is 2. The molecular weight excluding hydrogens is 314 g/mol. The molecule has 6 nitrogen and oxygen atoms in total. The van der Waals surface area contributed by atoms with Crippen molar-refractivity contribution in [3.63, 3.8) is 0 Å². The van der Waals surface area contributed by atoms with Crippen LogP contribution in [0, 0.1) is 6.92 Å². The summed E-state index contributed by atoms with van der Waals surface area (Å²) in [7, 11) is 0. The van der Waals surface area contributed by atoms with Crippen LogP contribution in [0.4, 0.5) is 0 Å². The molecule has 2 aromatic carbocycles. The van der Waals surface area contributed by atoms with Crippen LogP contribution in [0.15, 0.2) is 60.9 Å². The van der Waals surface area contributed by atoms with Gasteiger partial charge in [-0.3, -0.25) is 4.79 Å². The van der Waals surface area contributed by atoms with Gasteiger partial charge in [-0.2, -0.15) is 0 Å². The lowest BCUT2D eigenvalue weighted by atomic mass is 10.0. The number of amides is 1. The molecule has 3 rings (SSSR count). The minimum absolute atomic E-state index is 0.0946. The van der Waals surface area contributed by atoms with Gasteiger partial charge in [0.15, 0.2) is 0 Å². The van der Waals surface area contributed by atoms with Gasteiger partial charge in [-0.15, -0.1) is 5.10 Å². The number of rotatable bonds is 6. The van der Waals surface area contributed by atoms with E-state index in [1.165, 1.54) is 16.6 Å². The topological polar surface area (TPSA) is 72.7 Å². The highest BCUT2D eigenvalue weighted by atomic mass is 16.2. The maximum absolute atomic E-state index is 12.9. The third kappa shape index (κ3) is 4.29. The Kier molecular flexibility index (Phi) is 5.18. The molecule has 0 aliphatic rings. The molecule has 0 bridgehead atoms. The molecule has 0 spiro atoms. The lowest BCUT2D eigenvalue weighted by molar-refractivity contribution is -0.125. The van der Waals surface area contributed by atoms with E-state index >= 15 is 0 Å². The van der Waals surface area contributed by atoms with Gasteiger partial charge in [-0.05, 0) is 35.4 Å². The van der Waals surface area contributed by atoms with E-state index < -0.39 is 6.04 Å². The highest BCUT2D eigenvalue weighted by molar-refractivity contribution is 5.80. The minimum Gasteiger partial charge on any atom is -0.348 e. The van der Waals surface area contributed by atoms with Gasteiger partial charge in [0.05, 0.1) is 6.04 Å². The second-order valence-electron chi connectivity index (χ2n) is 6.14. The zero-order valence-corrected chi connectivity index (χ0v) is 14.3. The first-order chi connectivity index (χ1) is 12.1. The Hall–Kier alpha value is -3.02. The quantitative estimate of drug-likeness (QED) is 0.751. The van der Waals surface area contributed by atoms with Gasteiger partial charge in [0, 0.05) is 6.42 Å². The average molecular weight is 335 g/mol. The van der Waals surface area contributed by atoms with Crippen molar-refractivity contribution in [2.75, 3.05) is 0 Å². The molecule has 0 saturated heterocycles. The largest absolute Gasteiger partial charge is 0.348 e. The summed E-state index contributed by atoms with van der Waals surface area (Å²) >= 11 is 0. The van der Waals surface area contributed by atoms with Crippen molar-refractivity contribution in [2.24, 2.45) is 0 Å². The fourth-order valence-electron chi connectivity index (χ4n) is 2.70. The third-order valence-corrected chi connectivity index (χ3v) is 4.19. The highest BCUT2D eigenvalue weighted by Crippen LogP contribution is 2.17. The molecule has 0 aliphatic heterocycles. The number of hydrogen-bond donors (Lipinski definition) is 1. The molecule has 1 amide bonds. The normalized spacial score (nSPS) is 13.2. The molecule has 6 heteroatoms. The van der Waals surface area contributed by atoms with E-state index in [9.17, 15) is 4.79 Å². The van der Waals surface area contributed by atoms with E-state index in [1.54, 1.807) is 0 Å². The molecule has 0 fully saturated rings. The lowest BCUT2D eigenvalue weighted by Gasteiger charge is -2.20. The van der Waals surface area contributed by atoms with Crippen molar-refractivity contribution in [1.82, 2.24) is 25.5 Å². The Morgan fingerprint density at radius 1 is 1.12 bits per heavy atom. The van der Waals surface area contributed by atoms with Crippen molar-refractivity contribution in [2.45, 2.75) is 32.4 Å². The predicted octanol–water partition coefficient (Wildman–Crippen LogP) is 2.64. The standard InChI is InChI=1S/C19H21N5O/c1-14-8-10-17(11-9-14)15(2)21-19(25)18(24-13-20-22-23-24)12-16-6-4-3-5-7-16/h3-11,13,15,18H,12H2,1-2H3,(H,21,25). The van der Waals surface area contributed by atoms with Gasteiger partial charge in [0.25, 0.3) is 0 Å². The van der Waals surface area contributed by atoms with E-state index in [2.05, 4.69) is 20.8 Å². The van der Waals surface area contributed by atoms with Gasteiger partial charge >= 0.3 is 0 Å². The van der Waals surface area contributed by atoms with E-state index in [-0.39, 0.29) is 11.9 Å². The lowest BCUT2D eigenvalue weighted by Crippen LogP contribution is -2.35. The first-order valence-corrected chi connectivity index (χ1v) is 8.27. The Morgan fingerprint density at radius 3 is 2.48 bits per heavy atom. The second kappa shape index (κ2) is 7.70. The smallest absolute Gasteiger partial charge is 0.245 e. The molecule has 0 saturated carbocycles. The van der Waals surface area contributed by atoms with Gasteiger partial charge in [-0.1, -0.05) is 60.2 Å². The van der Waals surface area contributed by atoms with Crippen molar-refractivity contribution in [3.8, 4) is 0 Å². The summed E-state index contributed by atoms with van der Waals surface area (Å²) in [6.07, 6.45) is 2.00. The second-order valence-corrected chi connectivity index (χ2v) is 6.14. The van der Waals surface area contributed by atoms with Crippen LogP contribution < -0.4 is 5.32 Å². The van der Waals surface area contributed by atoms with Crippen LogP contribution in [0.25, 0.3) is 0 Å². The van der Waals surface area contributed by atoms with Gasteiger partial charge < -0.3 is 5.32 Å². The van der Waals surface area contributed by atoms with Crippen molar-refractivity contribution in [1.29, 1.82) is 0 Å². The first kappa shape index (κ1) is 16.8. The van der Waals surface area contributed by atoms with E-state index in [4.69, 9.17) is 0 Å². The summed E-state index contributed by atoms with van der Waals surface area (Å²) in [5.74, 6) is -0.107. The molecule has 1 heterocycles. The molecule has 25 heavy (non-hydrogen) atoms. The monoisotopic (exact) mass is 335 g/mol. The Bertz CT molecular complexity index is 800. The number of hydrogen-bond acceptors (Lipinski definition) is 4. The van der Waals surface area contributed by atoms with Crippen LogP contribution in [0.2, 0.25) is 0 Å². The van der Waals surface area contributed by atoms with Crippen molar-refractivity contribution < 1.29 is 4.79 Å². The molecule has 1 N–H and O–H groups in total. The highest BCUT2D eigenvalue weighted by Gasteiger charge is 2.24. The molecule has 2 unspecified atom stereocenters. The number of carbonyl (C=O) groups is 1. The number of nitrogens with zero attached hydrogens (tertiary/aromatic N) is 4. The molecule has 128 valence electrons. The van der Waals surface area contributed by atoms with Crippen molar-refractivity contribution in [3.05, 3.63) is 77.6 Å². The fraction of sp³-hybridized carbons (Fsp3) is 0.263. The van der Waals surface area contributed by atoms with Crippen LogP contribution in [0.3, 0.4) is 0 Å². The molecule has 2 atom stereocenters. The number of carbonyl (C=O) groups excluding carboxylic acids is 1. The van der Waals surface area contributed by atoms with E-state index in [0.29, 0.717) is 6.42 Å². The maximum Gasteiger partial charge on any atom is 0.245 e. The Balaban J connectivity index is 1.76. The predicted molar refractivity (Wildman–Crippen MR) is 94.7 cm³/mol. The summed E-state index contributed by atoms with van der Waals surface area (Å²) in [6.45, 7) is 4.02. The number of aromatic nitrogens is 4. The van der Waals surface area contributed by atoms with E-state index in [1.807, 2.05) is 68.4 Å². The Labute approximate surface area is 146 Å². The summed E-state index contributed by atoms with van der Waals surface area (Å²) in [4.78, 5) is 12.9. The van der Waals surface area contributed by atoms with Crippen LogP contribution in [-0.4, -0.2) is 26.1 Å². The zero-order chi connectivity index (χ0) is 17.6. The SMILES string of the molecule is Cc1ccc(C(C)NC(=O)C(Cc2ccccc2)n2cnnn2)cc1. The number of tetrazole rings is 1. The van der Waals surface area contributed by atoms with Crippen LogP contribution >= 0.6 is 0 Å². The van der Waals surface area contributed by atoms with Crippen LogP contribution in [0.5, 0.6) is 0 Å². The number of aryl methyl sites for hydroxylation is 1. The molecule has 0 aliphatic carbocycles. The molecule has 0 radical (unpaired) electrons. The van der Waals surface area contributed by atoms with Crippen LogP contribution in [0.1, 0.15) is 35.7 Å². The average Bonchev–Trinajstić information content (AvgIpc) is 3.15. The van der Waals surface area contributed by atoms with Crippen LogP contribution in [-0.2, 0) is 11.2 Å². The minimum atomic E-state index is -0.495. The van der Waals surface area contributed by atoms with Gasteiger partial charge in [0.2, 0.25) is 5.91 Å². The molecular formula is C19H21N5O. The van der Waals surface area contributed by atoms with Crippen molar-refractivity contribution >= 4 is 5.91 Å². The van der Waals surface area contributed by atoms with Gasteiger partial charge in [0.1, 0.15) is 12.4 Å². The third-order valence-electron chi connectivity index (χ3n) is 4.19. The molecule has 3 aromatic rings. The maximum atomic E-state index is 12.9. The summed E-state index contributed by atoms with van der Waals surface area (Å²) in [5.41, 5.74) is 3.31. The van der Waals surface area contributed by atoms with E-state index in [0.717, 1.165) is 11.1 Å². The summed E-state index contributed by atoms with van der Waals surface area (Å²) in [6, 6.07) is 17.4. The fourth-order valence-corrected chi connectivity index (χ4v) is 2.70. The first-order valence-electron chi connectivity index (χ1n) is 8.27. The Morgan fingerprint density at radius 2 is 1.84 bits per heavy atom. The zero-order valence-electron chi connectivity index (χ0n) is 14.3. The number of nitrogens with one attached hydrogen (secondary N) is 1. The van der Waals surface area contributed by atoms with Gasteiger partial charge in [-0.25, -0.2) is 4.68 Å². The molecule has 1 aromatic heterocycles.